The fraction of sp³-hybridized carbons (Fsp3) is 0.353. The predicted molar refractivity (Wildman–Crippen MR) is 94.0 cm³/mol. The maximum absolute atomic E-state index is 4.30. The topological polar surface area (TPSA) is 28.2 Å². The first-order valence-corrected chi connectivity index (χ1v) is 8.13. The number of nitrogens with one attached hydrogen (secondary N) is 1. The average molecular weight is 348 g/mol. The number of anilines is 2. The largest absolute Gasteiger partial charge is 0.380 e. The Morgan fingerprint density at radius 1 is 1.14 bits per heavy atom. The lowest BCUT2D eigenvalue weighted by molar-refractivity contribution is 0.865. The van der Waals surface area contributed by atoms with Gasteiger partial charge in [0.2, 0.25) is 0 Å². The van der Waals surface area contributed by atoms with E-state index in [0.717, 1.165) is 35.5 Å². The highest BCUT2D eigenvalue weighted by Crippen LogP contribution is 2.18. The molecular formula is C17H22BrN3. The van der Waals surface area contributed by atoms with E-state index < -0.39 is 0 Å². The Labute approximate surface area is 135 Å². The van der Waals surface area contributed by atoms with Gasteiger partial charge in [0, 0.05) is 25.3 Å². The van der Waals surface area contributed by atoms with Gasteiger partial charge in [-0.15, -0.1) is 0 Å². The number of hydrogen-bond donors (Lipinski definition) is 1. The van der Waals surface area contributed by atoms with Crippen molar-refractivity contribution in [2.75, 3.05) is 23.3 Å². The van der Waals surface area contributed by atoms with E-state index in [0.29, 0.717) is 0 Å². The summed E-state index contributed by atoms with van der Waals surface area (Å²) >= 11 is 3.42. The predicted octanol–water partition coefficient (Wildman–Crippen LogP) is 4.61. The van der Waals surface area contributed by atoms with Crippen molar-refractivity contribution in [1.29, 1.82) is 0 Å². The second-order valence-electron chi connectivity index (χ2n) is 5.02. The lowest BCUT2D eigenvalue weighted by atomic mass is 10.2. The van der Waals surface area contributed by atoms with Crippen LogP contribution in [-0.2, 0) is 6.54 Å². The number of hydrogen-bond acceptors (Lipinski definition) is 3. The van der Waals surface area contributed by atoms with Crippen LogP contribution in [0.1, 0.15) is 25.0 Å². The van der Waals surface area contributed by atoms with Gasteiger partial charge in [-0.1, -0.05) is 12.1 Å². The third-order valence-electron chi connectivity index (χ3n) is 3.58. The minimum Gasteiger partial charge on any atom is -0.380 e. The number of halogens is 1. The zero-order chi connectivity index (χ0) is 15.2. The van der Waals surface area contributed by atoms with E-state index >= 15 is 0 Å². The highest BCUT2D eigenvalue weighted by molar-refractivity contribution is 9.10. The van der Waals surface area contributed by atoms with Crippen molar-refractivity contribution in [2.24, 2.45) is 0 Å². The molecule has 0 saturated carbocycles. The third-order valence-corrected chi connectivity index (χ3v) is 4.41. The highest BCUT2D eigenvalue weighted by Gasteiger charge is 2.02. The Kier molecular flexibility index (Phi) is 5.62. The summed E-state index contributed by atoms with van der Waals surface area (Å²) in [6, 6.07) is 10.8. The van der Waals surface area contributed by atoms with E-state index in [-0.39, 0.29) is 0 Å². The van der Waals surface area contributed by atoms with Crippen molar-refractivity contribution < 1.29 is 0 Å². The lowest BCUT2D eigenvalue weighted by Crippen LogP contribution is -2.21. The molecule has 0 bridgehead atoms. The van der Waals surface area contributed by atoms with Crippen LogP contribution in [0.15, 0.2) is 41.1 Å². The molecule has 1 aromatic heterocycles. The lowest BCUT2D eigenvalue weighted by Gasteiger charge is -2.21. The zero-order valence-electron chi connectivity index (χ0n) is 12.9. The van der Waals surface area contributed by atoms with Gasteiger partial charge in [-0.2, -0.15) is 0 Å². The molecule has 1 heterocycles. The highest BCUT2D eigenvalue weighted by atomic mass is 79.9. The van der Waals surface area contributed by atoms with E-state index in [2.05, 4.69) is 75.3 Å². The van der Waals surface area contributed by atoms with Gasteiger partial charge in [-0.3, -0.25) is 0 Å². The molecule has 0 atom stereocenters. The van der Waals surface area contributed by atoms with Gasteiger partial charge >= 0.3 is 0 Å². The van der Waals surface area contributed by atoms with Crippen LogP contribution in [0.5, 0.6) is 0 Å². The number of rotatable bonds is 6. The Bertz CT molecular complexity index is 577. The van der Waals surface area contributed by atoms with Gasteiger partial charge in [0.25, 0.3) is 0 Å². The summed E-state index contributed by atoms with van der Waals surface area (Å²) < 4.78 is 0.900. The van der Waals surface area contributed by atoms with Crippen molar-refractivity contribution in [3.05, 3.63) is 52.3 Å². The van der Waals surface area contributed by atoms with Gasteiger partial charge in [-0.25, -0.2) is 4.98 Å². The molecule has 4 heteroatoms. The van der Waals surface area contributed by atoms with Crippen LogP contribution >= 0.6 is 15.9 Å². The van der Waals surface area contributed by atoms with Crippen molar-refractivity contribution in [2.45, 2.75) is 27.3 Å². The summed E-state index contributed by atoms with van der Waals surface area (Å²) in [4.78, 5) is 6.64. The van der Waals surface area contributed by atoms with Gasteiger partial charge in [0.15, 0.2) is 0 Å². The van der Waals surface area contributed by atoms with Gasteiger partial charge in [-0.05, 0) is 66.0 Å². The van der Waals surface area contributed by atoms with Crippen LogP contribution in [0.25, 0.3) is 0 Å². The summed E-state index contributed by atoms with van der Waals surface area (Å²) in [5.74, 6) is 0. The fourth-order valence-electron chi connectivity index (χ4n) is 2.27. The molecule has 0 radical (unpaired) electrons. The van der Waals surface area contributed by atoms with Crippen molar-refractivity contribution in [3.8, 4) is 0 Å². The maximum atomic E-state index is 4.30. The fourth-order valence-corrected chi connectivity index (χ4v) is 2.49. The van der Waals surface area contributed by atoms with E-state index in [4.69, 9.17) is 0 Å². The molecule has 0 unspecified atom stereocenters. The number of pyridine rings is 1. The second kappa shape index (κ2) is 7.46. The van der Waals surface area contributed by atoms with Crippen molar-refractivity contribution >= 4 is 27.3 Å². The molecule has 21 heavy (non-hydrogen) atoms. The summed E-state index contributed by atoms with van der Waals surface area (Å²) in [6.45, 7) is 9.29. The van der Waals surface area contributed by atoms with E-state index in [1.54, 1.807) is 0 Å². The van der Waals surface area contributed by atoms with Crippen LogP contribution in [0.2, 0.25) is 0 Å². The van der Waals surface area contributed by atoms with Gasteiger partial charge in [0.05, 0.1) is 11.9 Å². The molecule has 0 fully saturated rings. The molecule has 0 aliphatic rings. The average Bonchev–Trinajstić information content (AvgIpc) is 2.51. The maximum Gasteiger partial charge on any atom is 0.109 e. The first-order valence-electron chi connectivity index (χ1n) is 7.34. The third kappa shape index (κ3) is 4.21. The molecule has 0 aliphatic heterocycles. The summed E-state index contributed by atoms with van der Waals surface area (Å²) in [5, 5.41) is 3.41. The molecule has 0 saturated heterocycles. The van der Waals surface area contributed by atoms with E-state index in [1.165, 1.54) is 11.3 Å². The SMILES string of the molecule is CCN(CC)c1ccc(CNc2cnc(Br)c(C)c2)cc1. The number of aryl methyl sites for hydroxylation is 1. The monoisotopic (exact) mass is 347 g/mol. The Morgan fingerprint density at radius 2 is 1.81 bits per heavy atom. The minimum absolute atomic E-state index is 0.807. The molecule has 2 aromatic rings. The van der Waals surface area contributed by atoms with E-state index in [1.807, 2.05) is 13.1 Å². The van der Waals surface area contributed by atoms with Gasteiger partial charge < -0.3 is 10.2 Å². The zero-order valence-corrected chi connectivity index (χ0v) is 14.4. The molecular weight excluding hydrogens is 326 g/mol. The summed E-state index contributed by atoms with van der Waals surface area (Å²) in [5.41, 5.74) is 4.73. The standard InChI is InChI=1S/C17H22BrN3/c1-4-21(5-2)16-8-6-14(7-9-16)11-19-15-10-13(3)17(18)20-12-15/h6-10,12,19H,4-5,11H2,1-3H3. The molecule has 0 spiro atoms. The Hall–Kier alpha value is -1.55. The normalized spacial score (nSPS) is 10.5. The van der Waals surface area contributed by atoms with Crippen LogP contribution < -0.4 is 10.2 Å². The Balaban J connectivity index is 1.98. The smallest absolute Gasteiger partial charge is 0.109 e. The second-order valence-corrected chi connectivity index (χ2v) is 5.78. The summed E-state index contributed by atoms with van der Waals surface area (Å²) in [7, 11) is 0. The molecule has 3 nitrogen and oxygen atoms in total. The summed E-state index contributed by atoms with van der Waals surface area (Å²) in [6.07, 6.45) is 1.85. The van der Waals surface area contributed by atoms with Gasteiger partial charge in [0.1, 0.15) is 4.60 Å². The molecule has 112 valence electrons. The first kappa shape index (κ1) is 15.8. The first-order chi connectivity index (χ1) is 10.1. The number of aromatic nitrogens is 1. The molecule has 1 N–H and O–H groups in total. The molecule has 1 aromatic carbocycles. The quantitative estimate of drug-likeness (QED) is 0.773. The number of benzene rings is 1. The number of nitrogens with zero attached hydrogens (tertiary/aromatic N) is 2. The Morgan fingerprint density at radius 3 is 2.38 bits per heavy atom. The van der Waals surface area contributed by atoms with Crippen LogP contribution in [0.3, 0.4) is 0 Å². The molecule has 0 aliphatic carbocycles. The van der Waals surface area contributed by atoms with Crippen molar-refractivity contribution in [3.63, 3.8) is 0 Å². The van der Waals surface area contributed by atoms with Crippen LogP contribution in [-0.4, -0.2) is 18.1 Å². The van der Waals surface area contributed by atoms with Crippen LogP contribution in [0, 0.1) is 6.92 Å². The van der Waals surface area contributed by atoms with E-state index in [9.17, 15) is 0 Å². The molecule has 0 amide bonds. The van der Waals surface area contributed by atoms with Crippen LogP contribution in [0.4, 0.5) is 11.4 Å². The molecule has 2 rings (SSSR count). The minimum atomic E-state index is 0.807. The van der Waals surface area contributed by atoms with Crippen molar-refractivity contribution in [1.82, 2.24) is 4.98 Å².